The van der Waals surface area contributed by atoms with Crippen molar-refractivity contribution in [2.24, 2.45) is 5.73 Å². The van der Waals surface area contributed by atoms with Crippen LogP contribution in [0.15, 0.2) is 22.7 Å². The minimum absolute atomic E-state index is 0.278. The Labute approximate surface area is 104 Å². The molecular weight excluding hydrogens is 279 g/mol. The first-order valence-electron chi connectivity index (χ1n) is 4.47. The summed E-state index contributed by atoms with van der Waals surface area (Å²) in [6.45, 7) is 4.00. The van der Waals surface area contributed by atoms with Crippen LogP contribution in [0.4, 0.5) is 10.1 Å². The van der Waals surface area contributed by atoms with E-state index in [2.05, 4.69) is 39.2 Å². The number of hydrogen-bond acceptors (Lipinski definition) is 2. The summed E-state index contributed by atoms with van der Waals surface area (Å²) in [6.07, 6.45) is 0. The third-order valence-electron chi connectivity index (χ3n) is 1.15. The highest BCUT2D eigenvalue weighted by Gasteiger charge is 1.97. The number of nitrogens with two attached hydrogens (primary N) is 1. The Balaban J connectivity index is 0. The average molecular weight is 295 g/mol. The van der Waals surface area contributed by atoms with Gasteiger partial charge in [0, 0.05) is 5.69 Å². The molecule has 2 nitrogen and oxygen atoms in total. The highest BCUT2D eigenvalue weighted by molar-refractivity contribution is 9.10. The van der Waals surface area contributed by atoms with Crippen LogP contribution >= 0.6 is 28.1 Å². The van der Waals surface area contributed by atoms with Gasteiger partial charge in [-0.1, -0.05) is 26.1 Å². The maximum absolute atomic E-state index is 12.6. The van der Waals surface area contributed by atoms with Gasteiger partial charge in [0.15, 0.2) is 0 Å². The van der Waals surface area contributed by atoms with Gasteiger partial charge in [0.25, 0.3) is 0 Å². The van der Waals surface area contributed by atoms with E-state index in [0.717, 1.165) is 5.69 Å². The molecule has 1 aromatic rings. The van der Waals surface area contributed by atoms with Crippen LogP contribution in [-0.2, 0) is 0 Å². The molecule has 86 valence electrons. The van der Waals surface area contributed by atoms with Crippen LogP contribution < -0.4 is 11.1 Å². The van der Waals surface area contributed by atoms with Crippen LogP contribution in [0.1, 0.15) is 13.8 Å². The molecule has 3 N–H and O–H groups in total. The maximum atomic E-state index is 12.6. The minimum Gasteiger partial charge on any atom is -0.353 e. The molecule has 0 aliphatic carbocycles. The molecule has 0 aliphatic rings. The zero-order chi connectivity index (χ0) is 12.3. The van der Waals surface area contributed by atoms with Crippen LogP contribution in [-0.4, -0.2) is 12.5 Å². The summed E-state index contributed by atoms with van der Waals surface area (Å²) in [7, 11) is 1.50. The van der Waals surface area contributed by atoms with Gasteiger partial charge in [-0.15, -0.1) is 0 Å². The highest BCUT2D eigenvalue weighted by atomic mass is 79.9. The summed E-state index contributed by atoms with van der Waals surface area (Å²) in [4.78, 5) is 0. The zero-order valence-corrected chi connectivity index (χ0v) is 11.5. The van der Waals surface area contributed by atoms with Gasteiger partial charge in [-0.05, 0) is 41.2 Å². The van der Waals surface area contributed by atoms with Crippen molar-refractivity contribution in [3.63, 3.8) is 0 Å². The highest BCUT2D eigenvalue weighted by Crippen LogP contribution is 2.19. The molecule has 0 spiro atoms. The third-order valence-corrected chi connectivity index (χ3v) is 1.87. The maximum Gasteiger partial charge on any atom is 0.137 e. The van der Waals surface area contributed by atoms with Crippen molar-refractivity contribution < 1.29 is 4.39 Å². The fourth-order valence-corrected chi connectivity index (χ4v) is 1.17. The largest absolute Gasteiger partial charge is 0.353 e. The number of hydrogen-bond donors (Lipinski definition) is 2. The summed E-state index contributed by atoms with van der Waals surface area (Å²) in [6, 6.07) is 4.60. The van der Waals surface area contributed by atoms with Crippen LogP contribution in [0.25, 0.3) is 0 Å². The predicted octanol–water partition coefficient (Wildman–Crippen LogP) is 3.56. The smallest absolute Gasteiger partial charge is 0.137 e. The molecule has 0 radical (unpaired) electrons. The molecule has 5 heteroatoms. The molecular formula is C10H16BrFN2S. The van der Waals surface area contributed by atoms with Crippen molar-refractivity contribution in [1.82, 2.24) is 0 Å². The Morgan fingerprint density at radius 2 is 1.93 bits per heavy atom. The van der Waals surface area contributed by atoms with Crippen LogP contribution in [0, 0.1) is 5.82 Å². The monoisotopic (exact) mass is 294 g/mol. The topological polar surface area (TPSA) is 38.0 Å². The first-order chi connectivity index (χ1) is 7.24. The van der Waals surface area contributed by atoms with E-state index in [9.17, 15) is 4.39 Å². The Hall–Kier alpha value is -0.520. The van der Waals surface area contributed by atoms with Gasteiger partial charge in [-0.3, -0.25) is 0 Å². The predicted molar refractivity (Wildman–Crippen MR) is 72.8 cm³/mol. The number of rotatable bonds is 2. The lowest BCUT2D eigenvalue weighted by Crippen LogP contribution is -1.91. The first kappa shape index (κ1) is 16.9. The van der Waals surface area contributed by atoms with Gasteiger partial charge in [-0.25, -0.2) is 4.39 Å². The minimum atomic E-state index is -0.278. The summed E-state index contributed by atoms with van der Waals surface area (Å²) in [5, 5.41) is 2.77. The van der Waals surface area contributed by atoms with E-state index >= 15 is 0 Å². The Bertz CT molecular complexity index is 282. The zero-order valence-electron chi connectivity index (χ0n) is 9.05. The van der Waals surface area contributed by atoms with E-state index in [0.29, 0.717) is 4.47 Å². The molecule has 1 aromatic carbocycles. The van der Waals surface area contributed by atoms with Gasteiger partial charge in [-0.2, -0.15) is 0 Å². The number of benzene rings is 1. The van der Waals surface area contributed by atoms with E-state index in [1.54, 1.807) is 12.1 Å². The molecule has 1 rings (SSSR count). The molecule has 0 fully saturated rings. The lowest BCUT2D eigenvalue weighted by Gasteiger charge is -1.99. The third kappa shape index (κ3) is 7.41. The molecule has 0 aromatic heterocycles. The van der Waals surface area contributed by atoms with Gasteiger partial charge in [0.1, 0.15) is 5.82 Å². The second kappa shape index (κ2) is 11.6. The SMILES string of the molecule is CC.CN.Fc1ccc(NC=S)cc1Br. The quantitative estimate of drug-likeness (QED) is 0.819. The molecule has 0 bridgehead atoms. The standard InChI is InChI=1S/C7H5BrFNS.C2H6.CH5N/c8-6-3-5(10-4-11)1-2-7(6)9;2*1-2/h1-4H,(H,10,11);1-2H3;2H2,1H3. The second-order valence-electron chi connectivity index (χ2n) is 1.89. The summed E-state index contributed by atoms with van der Waals surface area (Å²) in [5.74, 6) is -0.278. The Morgan fingerprint density at radius 1 is 1.40 bits per heavy atom. The number of thiocarbonyl (C=S) groups is 1. The molecule has 0 saturated heterocycles. The van der Waals surface area contributed by atoms with Crippen molar-refractivity contribution in [3.8, 4) is 0 Å². The van der Waals surface area contributed by atoms with Gasteiger partial charge in [0.05, 0.1) is 9.96 Å². The van der Waals surface area contributed by atoms with Crippen LogP contribution in [0.3, 0.4) is 0 Å². The van der Waals surface area contributed by atoms with E-state index in [4.69, 9.17) is 0 Å². The molecule has 0 atom stereocenters. The summed E-state index contributed by atoms with van der Waals surface area (Å²) >= 11 is 7.62. The average Bonchev–Trinajstić information content (AvgIpc) is 2.30. The van der Waals surface area contributed by atoms with Gasteiger partial charge < -0.3 is 11.1 Å². The van der Waals surface area contributed by atoms with Crippen molar-refractivity contribution in [3.05, 3.63) is 28.5 Å². The molecule has 0 saturated carbocycles. The number of nitrogens with one attached hydrogen (secondary N) is 1. The normalized spacial score (nSPS) is 7.60. The van der Waals surface area contributed by atoms with E-state index in [-0.39, 0.29) is 5.82 Å². The summed E-state index contributed by atoms with van der Waals surface area (Å²) < 4.78 is 13.1. The van der Waals surface area contributed by atoms with Crippen molar-refractivity contribution in [1.29, 1.82) is 0 Å². The van der Waals surface area contributed by atoms with E-state index in [1.807, 2.05) is 13.8 Å². The molecule has 15 heavy (non-hydrogen) atoms. The van der Waals surface area contributed by atoms with Crippen LogP contribution in [0.2, 0.25) is 0 Å². The van der Waals surface area contributed by atoms with Crippen molar-refractivity contribution in [2.45, 2.75) is 13.8 Å². The van der Waals surface area contributed by atoms with Gasteiger partial charge in [0.2, 0.25) is 0 Å². The van der Waals surface area contributed by atoms with Gasteiger partial charge >= 0.3 is 0 Å². The molecule has 0 amide bonds. The fraction of sp³-hybridized carbons (Fsp3) is 0.300. The van der Waals surface area contributed by atoms with E-state index in [1.165, 1.54) is 18.6 Å². The van der Waals surface area contributed by atoms with Crippen molar-refractivity contribution in [2.75, 3.05) is 12.4 Å². The lowest BCUT2D eigenvalue weighted by atomic mass is 10.3. The van der Waals surface area contributed by atoms with Crippen molar-refractivity contribution >= 4 is 39.3 Å². The molecule has 0 heterocycles. The van der Waals surface area contributed by atoms with Crippen LogP contribution in [0.5, 0.6) is 0 Å². The second-order valence-corrected chi connectivity index (χ2v) is 2.98. The Kier molecular flexibility index (Phi) is 13.0. The number of halogens is 2. The number of anilines is 1. The Morgan fingerprint density at radius 3 is 2.33 bits per heavy atom. The fourth-order valence-electron chi connectivity index (χ4n) is 0.654. The first-order valence-corrected chi connectivity index (χ1v) is 5.73. The van der Waals surface area contributed by atoms with E-state index < -0.39 is 0 Å². The summed E-state index contributed by atoms with van der Waals surface area (Å²) in [5.41, 5.74) is 6.65. The lowest BCUT2D eigenvalue weighted by molar-refractivity contribution is 0.621. The molecule has 0 unspecified atom stereocenters. The molecule has 0 aliphatic heterocycles.